The zero-order valence-corrected chi connectivity index (χ0v) is 6.77. The Labute approximate surface area is 69.7 Å². The molecule has 0 amide bonds. The summed E-state index contributed by atoms with van der Waals surface area (Å²) in [5.41, 5.74) is -1.26. The highest BCUT2D eigenvalue weighted by molar-refractivity contribution is 5.53. The molecule has 0 aliphatic carbocycles. The van der Waals surface area contributed by atoms with E-state index in [-0.39, 0.29) is 13.2 Å². The highest BCUT2D eigenvalue weighted by atomic mass is 16.6. The molecule has 0 rings (SSSR count). The van der Waals surface area contributed by atoms with Crippen LogP contribution in [-0.4, -0.2) is 50.5 Å². The normalized spacial score (nSPS) is 10.0. The first-order valence-corrected chi connectivity index (χ1v) is 3.28. The molecular weight excluding hydrogens is 168 g/mol. The van der Waals surface area contributed by atoms with Crippen molar-refractivity contribution in [2.75, 3.05) is 13.2 Å². The third kappa shape index (κ3) is 9.15. The van der Waals surface area contributed by atoms with E-state index in [0.29, 0.717) is 6.42 Å². The first kappa shape index (κ1) is 13.7. The Balaban J connectivity index is 0. The van der Waals surface area contributed by atoms with Gasteiger partial charge in [-0.1, -0.05) is 6.92 Å². The predicted molar refractivity (Wildman–Crippen MR) is 40.1 cm³/mol. The maximum atomic E-state index is 8.94. The van der Waals surface area contributed by atoms with Gasteiger partial charge in [0, 0.05) is 0 Å². The summed E-state index contributed by atoms with van der Waals surface area (Å²) in [6.07, 6.45) is -1.46. The van der Waals surface area contributed by atoms with Gasteiger partial charge in [-0.3, -0.25) is 0 Å². The summed E-state index contributed by atoms with van der Waals surface area (Å²) >= 11 is 0. The van der Waals surface area contributed by atoms with Gasteiger partial charge in [-0.2, -0.15) is 0 Å². The van der Waals surface area contributed by atoms with Crippen LogP contribution in [0.25, 0.3) is 0 Å². The van der Waals surface area contributed by atoms with E-state index in [1.54, 1.807) is 6.92 Å². The number of carboxylic acid groups (broad SMARTS) is 2. The Kier molecular flexibility index (Phi) is 7.82. The van der Waals surface area contributed by atoms with Gasteiger partial charge < -0.3 is 25.5 Å². The third-order valence-corrected chi connectivity index (χ3v) is 1.25. The van der Waals surface area contributed by atoms with Crippen LogP contribution in [0.3, 0.4) is 0 Å². The molecule has 6 heteroatoms. The summed E-state index contributed by atoms with van der Waals surface area (Å²) in [5, 5.41) is 39.6. The van der Waals surface area contributed by atoms with Gasteiger partial charge in [0.2, 0.25) is 0 Å². The molecule has 0 saturated carbocycles. The molecule has 6 nitrogen and oxygen atoms in total. The molecule has 5 N–H and O–H groups in total. The van der Waals surface area contributed by atoms with Crippen LogP contribution >= 0.6 is 0 Å². The van der Waals surface area contributed by atoms with Crippen molar-refractivity contribution in [1.82, 2.24) is 0 Å². The first-order valence-electron chi connectivity index (χ1n) is 3.28. The largest absolute Gasteiger partial charge is 0.503 e. The maximum absolute atomic E-state index is 8.94. The molecule has 0 aliphatic heterocycles. The molecule has 0 aromatic heterocycles. The SMILES string of the molecule is CCC(O)(CO)CO.O=C(O)O. The van der Waals surface area contributed by atoms with Crippen molar-refractivity contribution in [2.24, 2.45) is 0 Å². The van der Waals surface area contributed by atoms with E-state index in [1.165, 1.54) is 0 Å². The number of carbonyl (C=O) groups is 1. The van der Waals surface area contributed by atoms with Crippen LogP contribution < -0.4 is 0 Å². The molecular formula is C6H14O6. The fourth-order valence-corrected chi connectivity index (χ4v) is 0.274. The van der Waals surface area contributed by atoms with Crippen LogP contribution in [0.15, 0.2) is 0 Å². The lowest BCUT2D eigenvalue weighted by Gasteiger charge is -2.19. The van der Waals surface area contributed by atoms with E-state index in [0.717, 1.165) is 0 Å². The smallest absolute Gasteiger partial charge is 0.450 e. The number of aliphatic hydroxyl groups is 3. The Morgan fingerprint density at radius 3 is 1.50 bits per heavy atom. The standard InChI is InChI=1S/C5H12O3.CH2O3/c1-2-5(8,3-6)4-7;2-1(3)4/h6-8H,2-4H2,1H3;(H2,2,3,4). The molecule has 0 fully saturated rings. The molecule has 0 atom stereocenters. The summed E-state index contributed by atoms with van der Waals surface area (Å²) in [6.45, 7) is 0.951. The second kappa shape index (κ2) is 6.84. The van der Waals surface area contributed by atoms with Gasteiger partial charge in [-0.05, 0) is 6.42 Å². The van der Waals surface area contributed by atoms with Crippen molar-refractivity contribution in [1.29, 1.82) is 0 Å². The van der Waals surface area contributed by atoms with E-state index in [4.69, 9.17) is 30.3 Å². The van der Waals surface area contributed by atoms with Gasteiger partial charge in [0.25, 0.3) is 0 Å². The van der Waals surface area contributed by atoms with E-state index in [9.17, 15) is 0 Å². The van der Waals surface area contributed by atoms with Gasteiger partial charge in [-0.15, -0.1) is 0 Å². The average molecular weight is 182 g/mol. The number of aliphatic hydroxyl groups excluding tert-OH is 2. The topological polar surface area (TPSA) is 118 Å². The Morgan fingerprint density at radius 1 is 1.25 bits per heavy atom. The zero-order chi connectivity index (χ0) is 10.2. The minimum atomic E-state index is -1.83. The number of hydrogen-bond acceptors (Lipinski definition) is 4. The molecule has 0 aromatic carbocycles. The van der Waals surface area contributed by atoms with E-state index >= 15 is 0 Å². The summed E-state index contributed by atoms with van der Waals surface area (Å²) in [6, 6.07) is 0. The zero-order valence-electron chi connectivity index (χ0n) is 6.77. The number of hydrogen-bond donors (Lipinski definition) is 5. The van der Waals surface area contributed by atoms with Crippen molar-refractivity contribution in [3.05, 3.63) is 0 Å². The summed E-state index contributed by atoms with van der Waals surface area (Å²) in [4.78, 5) is 8.56. The second-order valence-corrected chi connectivity index (χ2v) is 2.18. The van der Waals surface area contributed by atoms with Crippen molar-refractivity contribution in [2.45, 2.75) is 18.9 Å². The molecule has 0 heterocycles. The van der Waals surface area contributed by atoms with Gasteiger partial charge in [-0.25, -0.2) is 4.79 Å². The van der Waals surface area contributed by atoms with Gasteiger partial charge in [0.15, 0.2) is 0 Å². The van der Waals surface area contributed by atoms with Gasteiger partial charge in [0.05, 0.1) is 13.2 Å². The summed E-state index contributed by atoms with van der Waals surface area (Å²) in [5.74, 6) is 0. The lowest BCUT2D eigenvalue weighted by atomic mass is 10.0. The van der Waals surface area contributed by atoms with Gasteiger partial charge in [0.1, 0.15) is 5.60 Å². The first-order chi connectivity index (χ1) is 5.41. The second-order valence-electron chi connectivity index (χ2n) is 2.18. The molecule has 0 bridgehead atoms. The van der Waals surface area contributed by atoms with Crippen LogP contribution in [0, 0.1) is 0 Å². The third-order valence-electron chi connectivity index (χ3n) is 1.25. The van der Waals surface area contributed by atoms with Crippen LogP contribution in [-0.2, 0) is 0 Å². The van der Waals surface area contributed by atoms with Crippen LogP contribution in [0.4, 0.5) is 4.79 Å². The average Bonchev–Trinajstić information content (AvgIpc) is 2.02. The fraction of sp³-hybridized carbons (Fsp3) is 0.833. The molecule has 12 heavy (non-hydrogen) atoms. The Morgan fingerprint density at radius 2 is 1.50 bits per heavy atom. The van der Waals surface area contributed by atoms with Crippen molar-refractivity contribution >= 4 is 6.16 Å². The molecule has 0 spiro atoms. The van der Waals surface area contributed by atoms with Crippen molar-refractivity contribution < 1.29 is 30.3 Å². The lowest BCUT2D eigenvalue weighted by molar-refractivity contribution is -0.0568. The highest BCUT2D eigenvalue weighted by Gasteiger charge is 2.21. The molecule has 74 valence electrons. The Bertz CT molecular complexity index is 107. The fourth-order valence-electron chi connectivity index (χ4n) is 0.274. The molecule has 0 aromatic rings. The summed E-state index contributed by atoms with van der Waals surface area (Å²) in [7, 11) is 0. The molecule has 0 aliphatic rings. The van der Waals surface area contributed by atoms with Crippen LogP contribution in [0.5, 0.6) is 0 Å². The molecule has 0 saturated heterocycles. The van der Waals surface area contributed by atoms with Crippen molar-refractivity contribution in [3.8, 4) is 0 Å². The van der Waals surface area contributed by atoms with E-state index < -0.39 is 11.8 Å². The quantitative estimate of drug-likeness (QED) is 0.395. The Hall–Kier alpha value is -0.850. The molecule has 0 unspecified atom stereocenters. The lowest BCUT2D eigenvalue weighted by Crippen LogP contribution is -2.36. The van der Waals surface area contributed by atoms with E-state index in [1.807, 2.05) is 0 Å². The monoisotopic (exact) mass is 182 g/mol. The minimum absolute atomic E-state index is 0.375. The maximum Gasteiger partial charge on any atom is 0.503 e. The van der Waals surface area contributed by atoms with Gasteiger partial charge >= 0.3 is 6.16 Å². The predicted octanol–water partition coefficient (Wildman–Crippen LogP) is -0.665. The summed E-state index contributed by atoms with van der Waals surface area (Å²) < 4.78 is 0. The van der Waals surface area contributed by atoms with E-state index in [2.05, 4.69) is 0 Å². The number of rotatable bonds is 3. The highest BCUT2D eigenvalue weighted by Crippen LogP contribution is 2.05. The molecule has 0 radical (unpaired) electrons. The van der Waals surface area contributed by atoms with Crippen LogP contribution in [0.2, 0.25) is 0 Å². The van der Waals surface area contributed by atoms with Crippen molar-refractivity contribution in [3.63, 3.8) is 0 Å². The minimum Gasteiger partial charge on any atom is -0.450 e. The van der Waals surface area contributed by atoms with Crippen LogP contribution in [0.1, 0.15) is 13.3 Å².